The lowest BCUT2D eigenvalue weighted by atomic mass is 9.95. The molecule has 0 saturated carbocycles. The Bertz CT molecular complexity index is 1030. The number of rotatable bonds is 6. The molecular weight excluding hydrogens is 402 g/mol. The highest BCUT2D eigenvalue weighted by molar-refractivity contribution is 5.82. The van der Waals surface area contributed by atoms with Crippen molar-refractivity contribution < 1.29 is 9.59 Å². The van der Waals surface area contributed by atoms with Crippen molar-refractivity contribution in [3.63, 3.8) is 0 Å². The molecule has 0 N–H and O–H groups in total. The second-order valence-electron chi connectivity index (χ2n) is 8.40. The number of carbonyl (C=O) groups is 2. The summed E-state index contributed by atoms with van der Waals surface area (Å²) in [5.74, 6) is 0.0218. The normalized spacial score (nSPS) is 17.1. The zero-order valence-electron chi connectivity index (χ0n) is 18.6. The predicted molar refractivity (Wildman–Crippen MR) is 122 cm³/mol. The van der Waals surface area contributed by atoms with Crippen LogP contribution in [0.3, 0.4) is 0 Å². The van der Waals surface area contributed by atoms with E-state index in [1.54, 1.807) is 15.9 Å². The number of piperidine rings is 1. The lowest BCUT2D eigenvalue weighted by Crippen LogP contribution is -2.46. The van der Waals surface area contributed by atoms with E-state index in [0.717, 1.165) is 36.2 Å². The van der Waals surface area contributed by atoms with Gasteiger partial charge in [0.25, 0.3) is 0 Å². The van der Waals surface area contributed by atoms with Crippen molar-refractivity contribution in [2.24, 2.45) is 5.92 Å². The van der Waals surface area contributed by atoms with Crippen LogP contribution >= 0.6 is 0 Å². The Hall–Kier alpha value is -3.48. The Morgan fingerprint density at radius 3 is 2.56 bits per heavy atom. The van der Waals surface area contributed by atoms with Crippen LogP contribution in [0.2, 0.25) is 0 Å². The summed E-state index contributed by atoms with van der Waals surface area (Å²) in [4.78, 5) is 33.7. The van der Waals surface area contributed by atoms with Gasteiger partial charge in [0.05, 0.1) is 24.1 Å². The second-order valence-corrected chi connectivity index (χ2v) is 8.40. The molecule has 1 aliphatic rings. The number of aromatic nitrogens is 3. The standard InChI is InChI=1S/C25H29N5O2/c1-19(21-10-12-23(13-11-21)30-18-26-17-27-30)28(2)25(32)22-9-6-14-29(16-22)24(31)15-20-7-4-3-5-8-20/h3-5,7-8,10-13,17-19,22H,6,9,14-16H2,1-2H3. The molecule has 1 fully saturated rings. The number of nitrogens with zero attached hydrogens (tertiary/aromatic N) is 5. The molecule has 3 aromatic rings. The van der Waals surface area contributed by atoms with E-state index >= 15 is 0 Å². The van der Waals surface area contributed by atoms with Gasteiger partial charge in [-0.25, -0.2) is 9.67 Å². The van der Waals surface area contributed by atoms with E-state index in [2.05, 4.69) is 10.1 Å². The average Bonchev–Trinajstić information content (AvgIpc) is 3.38. The maximum absolute atomic E-state index is 13.3. The zero-order chi connectivity index (χ0) is 22.5. The van der Waals surface area contributed by atoms with Gasteiger partial charge in [0, 0.05) is 20.1 Å². The first-order valence-electron chi connectivity index (χ1n) is 11.1. The first kappa shape index (κ1) is 21.7. The van der Waals surface area contributed by atoms with Gasteiger partial charge in [-0.1, -0.05) is 42.5 Å². The molecule has 4 rings (SSSR count). The van der Waals surface area contributed by atoms with Crippen molar-refractivity contribution >= 4 is 11.8 Å². The molecule has 2 aromatic carbocycles. The SMILES string of the molecule is CC(c1ccc(-n2cncn2)cc1)N(C)C(=O)C1CCCN(C(=O)Cc2ccccc2)C1. The molecule has 166 valence electrons. The fourth-order valence-electron chi connectivity index (χ4n) is 4.24. The number of likely N-dealkylation sites (tertiary alicyclic amines) is 1. The van der Waals surface area contributed by atoms with Crippen LogP contribution in [0.1, 0.15) is 36.9 Å². The van der Waals surface area contributed by atoms with Gasteiger partial charge in [-0.05, 0) is 43.0 Å². The minimum Gasteiger partial charge on any atom is -0.342 e. The molecule has 2 unspecified atom stereocenters. The summed E-state index contributed by atoms with van der Waals surface area (Å²) in [5.41, 5.74) is 2.98. The fourth-order valence-corrected chi connectivity index (χ4v) is 4.24. The van der Waals surface area contributed by atoms with Gasteiger partial charge in [0.15, 0.2) is 0 Å². The Morgan fingerprint density at radius 1 is 1.12 bits per heavy atom. The van der Waals surface area contributed by atoms with Crippen LogP contribution in [0.5, 0.6) is 0 Å². The first-order chi connectivity index (χ1) is 15.5. The van der Waals surface area contributed by atoms with Gasteiger partial charge in [-0.15, -0.1) is 0 Å². The highest BCUT2D eigenvalue weighted by Gasteiger charge is 2.31. The summed E-state index contributed by atoms with van der Waals surface area (Å²) in [6.45, 7) is 3.24. The highest BCUT2D eigenvalue weighted by atomic mass is 16.2. The molecule has 2 atom stereocenters. The Kier molecular flexibility index (Phi) is 6.63. The number of hydrogen-bond donors (Lipinski definition) is 0. The number of hydrogen-bond acceptors (Lipinski definition) is 4. The third-order valence-electron chi connectivity index (χ3n) is 6.31. The highest BCUT2D eigenvalue weighted by Crippen LogP contribution is 2.25. The quantitative estimate of drug-likeness (QED) is 0.601. The average molecular weight is 432 g/mol. The third kappa shape index (κ3) is 4.88. The van der Waals surface area contributed by atoms with Crippen molar-refractivity contribution in [3.8, 4) is 5.69 Å². The van der Waals surface area contributed by atoms with Gasteiger partial charge in [0.1, 0.15) is 12.7 Å². The van der Waals surface area contributed by atoms with Crippen molar-refractivity contribution in [2.45, 2.75) is 32.2 Å². The summed E-state index contributed by atoms with van der Waals surface area (Å²) in [6.07, 6.45) is 5.21. The van der Waals surface area contributed by atoms with Gasteiger partial charge >= 0.3 is 0 Å². The topological polar surface area (TPSA) is 71.3 Å². The second kappa shape index (κ2) is 9.77. The molecule has 0 bridgehead atoms. The molecule has 7 heteroatoms. The summed E-state index contributed by atoms with van der Waals surface area (Å²) in [7, 11) is 1.85. The number of benzene rings is 2. The molecular formula is C25H29N5O2. The van der Waals surface area contributed by atoms with Crippen LogP contribution in [0.15, 0.2) is 67.3 Å². The minimum atomic E-state index is -0.162. The summed E-state index contributed by atoms with van der Waals surface area (Å²) in [6, 6.07) is 17.7. The minimum absolute atomic E-state index is 0.0670. The molecule has 1 aliphatic heterocycles. The maximum Gasteiger partial charge on any atom is 0.227 e. The van der Waals surface area contributed by atoms with E-state index in [9.17, 15) is 9.59 Å². The molecule has 7 nitrogen and oxygen atoms in total. The molecule has 32 heavy (non-hydrogen) atoms. The van der Waals surface area contributed by atoms with Crippen molar-refractivity contribution in [3.05, 3.63) is 78.4 Å². The molecule has 0 spiro atoms. The van der Waals surface area contributed by atoms with Crippen LogP contribution in [0.4, 0.5) is 0 Å². The number of carbonyl (C=O) groups excluding carboxylic acids is 2. The van der Waals surface area contributed by atoms with Gasteiger partial charge in [-0.2, -0.15) is 5.10 Å². The lowest BCUT2D eigenvalue weighted by molar-refractivity contribution is -0.141. The van der Waals surface area contributed by atoms with E-state index in [4.69, 9.17) is 0 Å². The first-order valence-corrected chi connectivity index (χ1v) is 11.1. The summed E-state index contributed by atoms with van der Waals surface area (Å²) < 4.78 is 1.70. The van der Waals surface area contributed by atoms with E-state index in [-0.39, 0.29) is 23.8 Å². The van der Waals surface area contributed by atoms with E-state index in [1.807, 2.05) is 73.5 Å². The molecule has 0 aliphatic carbocycles. The van der Waals surface area contributed by atoms with Gasteiger partial charge < -0.3 is 9.80 Å². The van der Waals surface area contributed by atoms with E-state index in [0.29, 0.717) is 13.0 Å². The third-order valence-corrected chi connectivity index (χ3v) is 6.31. The van der Waals surface area contributed by atoms with Crippen LogP contribution in [-0.4, -0.2) is 56.5 Å². The van der Waals surface area contributed by atoms with E-state index in [1.165, 1.54) is 6.33 Å². The van der Waals surface area contributed by atoms with Crippen LogP contribution in [0.25, 0.3) is 5.69 Å². The maximum atomic E-state index is 13.3. The molecule has 1 aromatic heterocycles. The Labute approximate surface area is 188 Å². The van der Waals surface area contributed by atoms with Crippen molar-refractivity contribution in [1.29, 1.82) is 0 Å². The molecule has 2 heterocycles. The van der Waals surface area contributed by atoms with Crippen LogP contribution in [0, 0.1) is 5.92 Å². The van der Waals surface area contributed by atoms with Crippen molar-refractivity contribution in [2.75, 3.05) is 20.1 Å². The van der Waals surface area contributed by atoms with Crippen molar-refractivity contribution in [1.82, 2.24) is 24.6 Å². The number of amides is 2. The Balaban J connectivity index is 1.37. The summed E-state index contributed by atoms with van der Waals surface area (Å²) in [5, 5.41) is 4.14. The van der Waals surface area contributed by atoms with E-state index < -0.39 is 0 Å². The molecule has 1 saturated heterocycles. The Morgan fingerprint density at radius 2 is 1.88 bits per heavy atom. The summed E-state index contributed by atoms with van der Waals surface area (Å²) >= 11 is 0. The monoisotopic (exact) mass is 431 g/mol. The van der Waals surface area contributed by atoms with Gasteiger partial charge in [-0.3, -0.25) is 9.59 Å². The molecule has 0 radical (unpaired) electrons. The smallest absolute Gasteiger partial charge is 0.227 e. The van der Waals surface area contributed by atoms with Gasteiger partial charge in [0.2, 0.25) is 11.8 Å². The van der Waals surface area contributed by atoms with Crippen LogP contribution < -0.4 is 0 Å². The molecule has 2 amide bonds. The zero-order valence-corrected chi connectivity index (χ0v) is 18.6. The lowest BCUT2D eigenvalue weighted by Gasteiger charge is -2.36. The van der Waals surface area contributed by atoms with Crippen LogP contribution in [-0.2, 0) is 16.0 Å². The predicted octanol–water partition coefficient (Wildman–Crippen LogP) is 3.27. The largest absolute Gasteiger partial charge is 0.342 e. The fraction of sp³-hybridized carbons (Fsp3) is 0.360.